The number of benzene rings is 1. The molecule has 2 saturated heterocycles. The van der Waals surface area contributed by atoms with Crippen LogP contribution in [0.15, 0.2) is 30.5 Å². The highest BCUT2D eigenvalue weighted by atomic mass is 16.5. The third-order valence-electron chi connectivity index (χ3n) is 12.9. The van der Waals surface area contributed by atoms with E-state index in [2.05, 4.69) is 52.6 Å². The standard InChI is InChI=1S/C35H62N12O12.C19H20N4O3/c1-43(2)35-41-33(40-34(42-35)39-28(49)5-17-57-19-21-59-22-20-58-18-8-36-27-48)38-7-4-3-6-37-29(50)23-44-9-11-45(24-30(51)52)13-15-47(26-32(55)56)16-14-46(12-10-44)25-31(53)54;1-2-26-14-5-6-15-16(7-8-21-17(15)10-14)19(25)22-12-18(24)23-9-3-4-13(23)11-20/h27H,3-26H2,1-2H3,(H,36,48)(H,37,50)(H,51,52)(H,53,54)(H,55,56)(H2,38,39,40,41,42,49);5-8,10,13H,2-4,9,12H2,1H3,(H,22,25). The Labute approximate surface area is 493 Å². The number of anilines is 3. The van der Waals surface area contributed by atoms with Crippen LogP contribution in [0.2, 0.25) is 0 Å². The minimum atomic E-state index is -1.03. The number of nitriles is 1. The van der Waals surface area contributed by atoms with E-state index >= 15 is 0 Å². The molecule has 5 rings (SSSR count). The largest absolute Gasteiger partial charge is 0.494 e. The van der Waals surface area contributed by atoms with E-state index in [0.29, 0.717) is 159 Å². The van der Waals surface area contributed by atoms with Crippen LogP contribution >= 0.6 is 0 Å². The molecule has 31 heteroatoms. The van der Waals surface area contributed by atoms with Crippen LogP contribution in [0.25, 0.3) is 10.9 Å². The molecular weight excluding hydrogens is 1110 g/mol. The minimum absolute atomic E-state index is 0.0261. The summed E-state index contributed by atoms with van der Waals surface area (Å²) in [7, 11) is 3.52. The Morgan fingerprint density at radius 2 is 1.28 bits per heavy atom. The van der Waals surface area contributed by atoms with Crippen molar-refractivity contribution in [2.75, 3.05) is 187 Å². The molecule has 0 saturated carbocycles. The van der Waals surface area contributed by atoms with Gasteiger partial charge in [0.15, 0.2) is 0 Å². The average molecular weight is 1200 g/mol. The van der Waals surface area contributed by atoms with Gasteiger partial charge in [-0.15, -0.1) is 0 Å². The van der Waals surface area contributed by atoms with Gasteiger partial charge in [-0.25, -0.2) is 0 Å². The number of carbonyl (C=O) groups excluding carboxylic acids is 5. The predicted molar refractivity (Wildman–Crippen MR) is 309 cm³/mol. The van der Waals surface area contributed by atoms with Gasteiger partial charge in [-0.05, 0) is 50.8 Å². The monoisotopic (exact) mass is 1190 g/mol. The molecule has 4 heterocycles. The van der Waals surface area contributed by atoms with Crippen LogP contribution in [0.5, 0.6) is 5.75 Å². The zero-order valence-corrected chi connectivity index (χ0v) is 48.7. The summed E-state index contributed by atoms with van der Waals surface area (Å²) in [6, 6.07) is 8.71. The van der Waals surface area contributed by atoms with Gasteiger partial charge in [0, 0.05) is 110 Å². The summed E-state index contributed by atoms with van der Waals surface area (Å²) < 4.78 is 21.6. The van der Waals surface area contributed by atoms with Gasteiger partial charge in [-0.2, -0.15) is 20.2 Å². The maximum absolute atomic E-state index is 13.0. The molecule has 2 aliphatic heterocycles. The van der Waals surface area contributed by atoms with Crippen molar-refractivity contribution in [2.45, 2.75) is 45.1 Å². The van der Waals surface area contributed by atoms with Crippen LogP contribution in [0.4, 0.5) is 17.8 Å². The Hall–Kier alpha value is -7.99. The highest BCUT2D eigenvalue weighted by Crippen LogP contribution is 2.23. The molecule has 0 aliphatic carbocycles. The first-order valence-corrected chi connectivity index (χ1v) is 28.2. The SMILES string of the molecule is CCOc1ccc2c(C(=O)NCC(=O)N3CCCC3C#N)ccnc2c1.CN(C)c1nc(NCCCCNC(=O)CN2CCN(CC(=O)O)CCN(CC(=O)O)CCN(CC(=O)O)CC2)nc(NC(=O)CCOCCOCCOCCNC=O)n1. The molecule has 0 bridgehead atoms. The number of pyridine rings is 1. The number of hydrogen-bond donors (Lipinski definition) is 8. The molecule has 2 fully saturated rings. The molecule has 1 atom stereocenters. The third-order valence-corrected chi connectivity index (χ3v) is 12.9. The van der Waals surface area contributed by atoms with Crippen molar-refractivity contribution in [3.63, 3.8) is 0 Å². The van der Waals surface area contributed by atoms with Crippen LogP contribution in [-0.4, -0.2) is 285 Å². The van der Waals surface area contributed by atoms with Gasteiger partial charge in [0.1, 0.15) is 11.8 Å². The first kappa shape index (κ1) is 69.5. The molecule has 8 N–H and O–H groups in total. The van der Waals surface area contributed by atoms with Crippen molar-refractivity contribution in [2.24, 2.45) is 0 Å². The summed E-state index contributed by atoms with van der Waals surface area (Å²) in [5, 5.41) is 51.8. The molecule has 3 aromatic rings. The number of carbonyl (C=O) groups is 8. The molecule has 2 aliphatic rings. The Balaban J connectivity index is 0.000000490. The van der Waals surface area contributed by atoms with Crippen molar-refractivity contribution in [1.82, 2.24) is 60.4 Å². The third kappa shape index (κ3) is 28.0. The molecule has 0 radical (unpaired) electrons. The number of carboxylic acids is 3. The van der Waals surface area contributed by atoms with Crippen LogP contribution in [0.1, 0.15) is 49.4 Å². The first-order valence-electron chi connectivity index (χ1n) is 28.2. The lowest BCUT2D eigenvalue weighted by molar-refractivity contribution is -0.140. The number of amides is 5. The highest BCUT2D eigenvalue weighted by molar-refractivity contribution is 6.07. The Morgan fingerprint density at radius 1 is 0.706 bits per heavy atom. The van der Waals surface area contributed by atoms with Crippen LogP contribution < -0.4 is 36.2 Å². The van der Waals surface area contributed by atoms with Gasteiger partial charge >= 0.3 is 17.9 Å². The number of hydrogen-bond acceptors (Lipinski definition) is 23. The van der Waals surface area contributed by atoms with Crippen LogP contribution in [0.3, 0.4) is 0 Å². The van der Waals surface area contributed by atoms with Gasteiger partial charge in [0.2, 0.25) is 42.0 Å². The maximum atomic E-state index is 13.0. The summed E-state index contributed by atoms with van der Waals surface area (Å²) in [6.45, 7) is 7.91. The van der Waals surface area contributed by atoms with Crippen LogP contribution in [0, 0.1) is 11.3 Å². The summed E-state index contributed by atoms with van der Waals surface area (Å²) in [4.78, 5) is 122. The molecule has 468 valence electrons. The fraction of sp³-hybridized carbons (Fsp3) is 0.611. The van der Waals surface area contributed by atoms with E-state index in [4.69, 9.17) is 24.2 Å². The van der Waals surface area contributed by atoms with E-state index in [0.717, 1.165) is 6.42 Å². The Bertz CT molecular complexity index is 2620. The molecule has 31 nitrogen and oxygen atoms in total. The number of likely N-dealkylation sites (tertiary alicyclic amines) is 1. The molecular formula is C54H82N16O15. The molecule has 5 amide bonds. The second kappa shape index (κ2) is 39.5. The van der Waals surface area contributed by atoms with E-state index in [-0.39, 0.29) is 94.4 Å². The number of nitrogens with one attached hydrogen (secondary N) is 5. The van der Waals surface area contributed by atoms with E-state index in [1.54, 1.807) is 64.2 Å². The second-order valence-electron chi connectivity index (χ2n) is 19.7. The van der Waals surface area contributed by atoms with E-state index in [1.807, 2.05) is 11.8 Å². The highest BCUT2D eigenvalue weighted by Gasteiger charge is 2.29. The lowest BCUT2D eigenvalue weighted by Crippen LogP contribution is -2.49. The van der Waals surface area contributed by atoms with Gasteiger partial charge in [0.25, 0.3) is 5.91 Å². The second-order valence-corrected chi connectivity index (χ2v) is 19.7. The number of aliphatic carboxylic acids is 3. The topological polar surface area (TPSA) is 389 Å². The zero-order chi connectivity index (χ0) is 61.8. The van der Waals surface area contributed by atoms with Crippen molar-refractivity contribution in [1.29, 1.82) is 5.26 Å². The van der Waals surface area contributed by atoms with Gasteiger partial charge in [0.05, 0.1) is 103 Å². The van der Waals surface area contributed by atoms with Crippen LogP contribution in [-0.2, 0) is 47.8 Å². The number of aromatic nitrogens is 4. The number of nitrogens with zero attached hydrogens (tertiary/aromatic N) is 11. The molecule has 85 heavy (non-hydrogen) atoms. The Kier molecular flexibility index (Phi) is 32.3. The summed E-state index contributed by atoms with van der Waals surface area (Å²) in [6.07, 6.45) is 5.01. The number of rotatable bonds is 34. The fourth-order valence-electron chi connectivity index (χ4n) is 8.64. The van der Waals surface area contributed by atoms with Crippen molar-refractivity contribution in [3.05, 3.63) is 36.0 Å². The van der Waals surface area contributed by atoms with Gasteiger partial charge < -0.3 is 65.3 Å². The lowest BCUT2D eigenvalue weighted by Gasteiger charge is -2.32. The number of fused-ring (bicyclic) bond motifs is 1. The van der Waals surface area contributed by atoms with E-state index < -0.39 is 23.9 Å². The summed E-state index contributed by atoms with van der Waals surface area (Å²) in [5.74, 6) is -2.86. The lowest BCUT2D eigenvalue weighted by atomic mass is 10.1. The predicted octanol–water partition coefficient (Wildman–Crippen LogP) is -1.28. The first-order chi connectivity index (χ1) is 41.0. The smallest absolute Gasteiger partial charge is 0.317 e. The molecule has 1 unspecified atom stereocenters. The van der Waals surface area contributed by atoms with Gasteiger partial charge in [-0.1, -0.05) is 0 Å². The minimum Gasteiger partial charge on any atom is -0.494 e. The Morgan fingerprint density at radius 3 is 1.86 bits per heavy atom. The fourth-order valence-corrected chi connectivity index (χ4v) is 8.64. The number of ether oxygens (including phenoxy) is 4. The zero-order valence-electron chi connectivity index (χ0n) is 48.7. The van der Waals surface area contributed by atoms with Gasteiger partial charge in [-0.3, -0.25) is 68.3 Å². The van der Waals surface area contributed by atoms with Crippen molar-refractivity contribution < 1.29 is 72.6 Å². The van der Waals surface area contributed by atoms with Crippen molar-refractivity contribution in [3.8, 4) is 11.8 Å². The van der Waals surface area contributed by atoms with Crippen molar-refractivity contribution >= 4 is 76.7 Å². The quantitative estimate of drug-likeness (QED) is 0.0255. The number of unbranched alkanes of at least 4 members (excludes halogenated alkanes) is 1. The van der Waals surface area contributed by atoms with E-state index in [1.165, 1.54) is 4.90 Å². The molecule has 1 aromatic carbocycles. The summed E-state index contributed by atoms with van der Waals surface area (Å²) >= 11 is 0. The van der Waals surface area contributed by atoms with E-state index in [9.17, 15) is 53.7 Å². The average Bonchev–Trinajstić information content (AvgIpc) is 3.84. The number of carboxylic acid groups (broad SMARTS) is 3. The molecule has 0 spiro atoms. The normalized spacial score (nSPS) is 15.4. The molecule has 2 aromatic heterocycles. The maximum Gasteiger partial charge on any atom is 0.317 e. The summed E-state index contributed by atoms with van der Waals surface area (Å²) in [5.41, 5.74) is 1.10.